The third-order valence-electron chi connectivity index (χ3n) is 2.68. The molecule has 0 bridgehead atoms. The molecule has 0 aliphatic carbocycles. The van der Waals surface area contributed by atoms with Crippen LogP contribution in [0.3, 0.4) is 0 Å². The summed E-state index contributed by atoms with van der Waals surface area (Å²) in [4.78, 5) is 11.2. The number of halogens is 5. The molecule has 0 heterocycles. The lowest BCUT2D eigenvalue weighted by Crippen LogP contribution is -2.39. The molecule has 1 rings (SSSR count). The number of hydrogen-bond donors (Lipinski definition) is 1. The molecule has 0 aromatic heterocycles. The maximum absolute atomic E-state index is 13.5. The van der Waals surface area contributed by atoms with Crippen LogP contribution in [-0.4, -0.2) is 35.2 Å². The minimum atomic E-state index is -4.62. The second-order valence-electron chi connectivity index (χ2n) is 4.26. The quantitative estimate of drug-likeness (QED) is 0.849. The molecular weight excluding hydrogens is 285 g/mol. The molecule has 0 aliphatic heterocycles. The lowest BCUT2D eigenvalue weighted by atomic mass is 10.1. The van der Waals surface area contributed by atoms with Crippen molar-refractivity contribution in [3.63, 3.8) is 0 Å². The van der Waals surface area contributed by atoms with Crippen LogP contribution in [-0.2, 0) is 4.79 Å². The average molecular weight is 297 g/mol. The molecule has 1 atom stereocenters. The number of carboxylic acid groups (broad SMARTS) is 1. The van der Waals surface area contributed by atoms with E-state index in [1.807, 2.05) is 0 Å². The highest BCUT2D eigenvalue weighted by Crippen LogP contribution is 2.27. The molecule has 3 nitrogen and oxygen atoms in total. The topological polar surface area (TPSA) is 40.5 Å². The van der Waals surface area contributed by atoms with Gasteiger partial charge in [-0.15, -0.1) is 0 Å². The molecule has 0 saturated heterocycles. The van der Waals surface area contributed by atoms with E-state index in [-0.39, 0.29) is 5.56 Å². The zero-order valence-electron chi connectivity index (χ0n) is 10.4. The summed E-state index contributed by atoms with van der Waals surface area (Å²) in [6.45, 7) is -1.18. The molecule has 1 N–H and O–H groups in total. The predicted octanol–water partition coefficient (Wildman–Crippen LogP) is 2.97. The largest absolute Gasteiger partial charge is 0.480 e. The first-order valence-electron chi connectivity index (χ1n) is 5.57. The van der Waals surface area contributed by atoms with E-state index in [1.54, 1.807) is 0 Å². The summed E-state index contributed by atoms with van der Waals surface area (Å²) in [5.41, 5.74) is -0.197. The van der Waals surface area contributed by atoms with Crippen LogP contribution >= 0.6 is 0 Å². The van der Waals surface area contributed by atoms with Crippen molar-refractivity contribution in [2.24, 2.45) is 0 Å². The van der Waals surface area contributed by atoms with Gasteiger partial charge in [0.1, 0.15) is 11.6 Å². The van der Waals surface area contributed by atoms with E-state index in [0.717, 1.165) is 12.1 Å². The highest BCUT2D eigenvalue weighted by Gasteiger charge is 2.34. The van der Waals surface area contributed by atoms with Crippen molar-refractivity contribution in [2.75, 3.05) is 13.1 Å². The lowest BCUT2D eigenvalue weighted by molar-refractivity contribution is -0.158. The Morgan fingerprint density at radius 1 is 1.35 bits per heavy atom. The van der Waals surface area contributed by atoms with Gasteiger partial charge in [0.25, 0.3) is 0 Å². The monoisotopic (exact) mass is 297 g/mol. The first-order valence-corrected chi connectivity index (χ1v) is 5.57. The number of aliphatic carboxylic acids is 1. The van der Waals surface area contributed by atoms with Crippen LogP contribution in [0.5, 0.6) is 0 Å². The molecule has 20 heavy (non-hydrogen) atoms. The van der Waals surface area contributed by atoms with Gasteiger partial charge in [-0.05, 0) is 13.0 Å². The lowest BCUT2D eigenvalue weighted by Gasteiger charge is -2.28. The van der Waals surface area contributed by atoms with Crippen molar-refractivity contribution in [2.45, 2.75) is 19.1 Å². The van der Waals surface area contributed by atoms with Gasteiger partial charge in [-0.25, -0.2) is 8.78 Å². The third kappa shape index (κ3) is 4.76. The summed E-state index contributed by atoms with van der Waals surface area (Å²) in [5.74, 6) is -3.35. The summed E-state index contributed by atoms with van der Waals surface area (Å²) in [7, 11) is 0. The van der Waals surface area contributed by atoms with Crippen molar-refractivity contribution in [1.82, 2.24) is 4.90 Å². The molecule has 0 aliphatic rings. The highest BCUT2D eigenvalue weighted by atomic mass is 19.4. The van der Waals surface area contributed by atoms with Gasteiger partial charge in [0.15, 0.2) is 0 Å². The van der Waals surface area contributed by atoms with Gasteiger partial charge < -0.3 is 5.11 Å². The fraction of sp³-hybridized carbons (Fsp3) is 0.417. The molecule has 1 aromatic rings. The van der Waals surface area contributed by atoms with Crippen LogP contribution in [0.25, 0.3) is 0 Å². The Kier molecular flexibility index (Phi) is 5.04. The maximum Gasteiger partial charge on any atom is 0.401 e. The Morgan fingerprint density at radius 3 is 2.40 bits per heavy atom. The molecule has 8 heteroatoms. The first-order chi connectivity index (χ1) is 9.10. The number of carboxylic acids is 1. The summed E-state index contributed by atoms with van der Waals surface area (Å²) in [6, 6.07) is 1.29. The van der Waals surface area contributed by atoms with Crippen molar-refractivity contribution < 1.29 is 31.9 Å². The van der Waals surface area contributed by atoms with Gasteiger partial charge in [0.05, 0.1) is 13.1 Å². The fourth-order valence-electron chi connectivity index (χ4n) is 1.77. The standard InChI is InChI=1S/C12H12F5NO2/c1-7(9-3-2-8(13)4-10(9)14)18(5-11(19)20)6-12(15,16)17/h2-4,7H,5-6H2,1H3,(H,19,20). The van der Waals surface area contributed by atoms with Crippen molar-refractivity contribution in [3.8, 4) is 0 Å². The molecular formula is C12H12F5NO2. The van der Waals surface area contributed by atoms with Gasteiger partial charge in [-0.3, -0.25) is 9.69 Å². The van der Waals surface area contributed by atoms with E-state index in [2.05, 4.69) is 0 Å². The van der Waals surface area contributed by atoms with Gasteiger partial charge in [-0.2, -0.15) is 13.2 Å². The summed E-state index contributed by atoms with van der Waals surface area (Å²) < 4.78 is 63.5. The maximum atomic E-state index is 13.5. The van der Waals surface area contributed by atoms with Crippen LogP contribution in [0.4, 0.5) is 22.0 Å². The van der Waals surface area contributed by atoms with E-state index in [4.69, 9.17) is 5.11 Å². The van der Waals surface area contributed by atoms with Crippen LogP contribution in [0, 0.1) is 11.6 Å². The molecule has 0 radical (unpaired) electrons. The van der Waals surface area contributed by atoms with Gasteiger partial charge in [0.2, 0.25) is 0 Å². The Balaban J connectivity index is 3.02. The highest BCUT2D eigenvalue weighted by molar-refractivity contribution is 5.69. The Morgan fingerprint density at radius 2 is 1.95 bits per heavy atom. The Hall–Kier alpha value is -1.70. The Bertz CT molecular complexity index is 489. The fourth-order valence-corrected chi connectivity index (χ4v) is 1.77. The second-order valence-corrected chi connectivity index (χ2v) is 4.26. The van der Waals surface area contributed by atoms with E-state index in [1.165, 1.54) is 6.92 Å². The van der Waals surface area contributed by atoms with E-state index >= 15 is 0 Å². The summed E-state index contributed by atoms with van der Waals surface area (Å²) in [5, 5.41) is 8.63. The molecule has 112 valence electrons. The van der Waals surface area contributed by atoms with E-state index < -0.39 is 42.9 Å². The third-order valence-corrected chi connectivity index (χ3v) is 2.68. The minimum absolute atomic E-state index is 0.197. The van der Waals surface area contributed by atoms with Crippen molar-refractivity contribution in [1.29, 1.82) is 0 Å². The number of benzene rings is 1. The minimum Gasteiger partial charge on any atom is -0.480 e. The number of rotatable bonds is 5. The number of hydrogen-bond acceptors (Lipinski definition) is 2. The normalized spacial score (nSPS) is 13.6. The molecule has 0 saturated carbocycles. The summed E-state index contributed by atoms with van der Waals surface area (Å²) in [6.07, 6.45) is -4.62. The molecule has 1 aromatic carbocycles. The van der Waals surface area contributed by atoms with Crippen LogP contribution in [0.1, 0.15) is 18.5 Å². The van der Waals surface area contributed by atoms with Gasteiger partial charge in [-0.1, -0.05) is 6.07 Å². The second kappa shape index (κ2) is 6.17. The first kappa shape index (κ1) is 16.4. The van der Waals surface area contributed by atoms with Gasteiger partial charge in [0, 0.05) is 17.7 Å². The SMILES string of the molecule is CC(c1ccc(F)cc1F)N(CC(=O)O)CC(F)(F)F. The summed E-state index contributed by atoms with van der Waals surface area (Å²) >= 11 is 0. The zero-order chi connectivity index (χ0) is 15.5. The van der Waals surface area contributed by atoms with E-state index in [0.29, 0.717) is 11.0 Å². The molecule has 0 amide bonds. The van der Waals surface area contributed by atoms with E-state index in [9.17, 15) is 26.7 Å². The smallest absolute Gasteiger partial charge is 0.401 e. The molecule has 0 spiro atoms. The number of nitrogens with zero attached hydrogens (tertiary/aromatic N) is 1. The average Bonchev–Trinajstić information content (AvgIpc) is 2.24. The number of carbonyl (C=O) groups is 1. The van der Waals surface area contributed by atoms with Gasteiger partial charge >= 0.3 is 12.1 Å². The van der Waals surface area contributed by atoms with Crippen molar-refractivity contribution in [3.05, 3.63) is 35.4 Å². The Labute approximate surface area is 111 Å². The zero-order valence-corrected chi connectivity index (χ0v) is 10.4. The molecule has 1 unspecified atom stereocenters. The van der Waals surface area contributed by atoms with Crippen LogP contribution < -0.4 is 0 Å². The number of alkyl halides is 3. The molecule has 0 fully saturated rings. The predicted molar refractivity (Wildman–Crippen MR) is 60.0 cm³/mol. The van der Waals surface area contributed by atoms with Crippen LogP contribution in [0.2, 0.25) is 0 Å². The van der Waals surface area contributed by atoms with Crippen molar-refractivity contribution >= 4 is 5.97 Å². The van der Waals surface area contributed by atoms with Crippen LogP contribution in [0.15, 0.2) is 18.2 Å².